The van der Waals surface area contributed by atoms with E-state index in [9.17, 15) is 17.6 Å². The van der Waals surface area contributed by atoms with Crippen LogP contribution < -0.4 is 10.1 Å². The molecule has 1 amide bonds. The Balaban J connectivity index is 1.86. The fourth-order valence-electron chi connectivity index (χ4n) is 2.23. The molecule has 0 radical (unpaired) electrons. The number of sulfone groups is 1. The van der Waals surface area contributed by atoms with Crippen LogP contribution in [0.25, 0.3) is 0 Å². The van der Waals surface area contributed by atoms with E-state index in [1.165, 1.54) is 24.3 Å². The predicted octanol–water partition coefficient (Wildman–Crippen LogP) is 3.09. The van der Waals surface area contributed by atoms with Crippen molar-refractivity contribution in [3.05, 3.63) is 59.9 Å². The summed E-state index contributed by atoms with van der Waals surface area (Å²) in [5.74, 6) is -0.420. The maximum atomic E-state index is 12.8. The Bertz CT molecular complexity index is 831. The van der Waals surface area contributed by atoms with E-state index in [0.717, 1.165) is 5.56 Å². The van der Waals surface area contributed by atoms with Crippen LogP contribution in [0.4, 0.5) is 4.39 Å². The first kappa shape index (κ1) is 19.9. The third-order valence-electron chi connectivity index (χ3n) is 3.56. The molecule has 0 aromatic heterocycles. The number of nitrogens with one attached hydrogen (secondary N) is 1. The summed E-state index contributed by atoms with van der Waals surface area (Å²) in [5, 5.41) is 2.63. The number of benzene rings is 2. The summed E-state index contributed by atoms with van der Waals surface area (Å²) in [6.45, 7) is 3.99. The summed E-state index contributed by atoms with van der Waals surface area (Å²) < 4.78 is 42.9. The van der Waals surface area contributed by atoms with E-state index in [2.05, 4.69) is 5.32 Å². The van der Waals surface area contributed by atoms with Crippen LogP contribution in [-0.4, -0.2) is 26.2 Å². The van der Waals surface area contributed by atoms with Gasteiger partial charge in [-0.3, -0.25) is 4.79 Å². The second kappa shape index (κ2) is 8.80. The van der Waals surface area contributed by atoms with Crippen LogP contribution >= 0.6 is 0 Å². The largest absolute Gasteiger partial charge is 0.491 e. The lowest BCUT2D eigenvalue weighted by Crippen LogP contribution is -2.25. The molecule has 140 valence electrons. The van der Waals surface area contributed by atoms with Gasteiger partial charge in [0.2, 0.25) is 5.91 Å². The quantitative estimate of drug-likeness (QED) is 0.765. The van der Waals surface area contributed by atoms with E-state index < -0.39 is 9.84 Å². The molecule has 0 fully saturated rings. The van der Waals surface area contributed by atoms with Gasteiger partial charge in [0.05, 0.1) is 16.8 Å². The Morgan fingerprint density at radius 1 is 1.08 bits per heavy atom. The highest BCUT2D eigenvalue weighted by Crippen LogP contribution is 2.18. The number of carbonyl (C=O) groups is 1. The molecule has 2 rings (SSSR count). The van der Waals surface area contributed by atoms with Crippen LogP contribution in [0.15, 0.2) is 53.4 Å². The van der Waals surface area contributed by atoms with E-state index in [0.29, 0.717) is 5.75 Å². The highest BCUT2D eigenvalue weighted by molar-refractivity contribution is 7.91. The van der Waals surface area contributed by atoms with E-state index in [-0.39, 0.29) is 41.4 Å². The van der Waals surface area contributed by atoms with Crippen LogP contribution in [0.1, 0.15) is 25.8 Å². The summed E-state index contributed by atoms with van der Waals surface area (Å²) in [7, 11) is -3.56. The predicted molar refractivity (Wildman–Crippen MR) is 97.1 cm³/mol. The number of amides is 1. The van der Waals surface area contributed by atoms with Crippen molar-refractivity contribution in [3.63, 3.8) is 0 Å². The molecule has 0 aliphatic carbocycles. The molecule has 0 spiro atoms. The van der Waals surface area contributed by atoms with Gasteiger partial charge in [-0.25, -0.2) is 12.8 Å². The molecule has 0 unspecified atom stereocenters. The Hall–Kier alpha value is -2.41. The van der Waals surface area contributed by atoms with Gasteiger partial charge in [0, 0.05) is 13.0 Å². The SMILES string of the molecule is CC(C)Oc1ccc(S(=O)(=O)CCC(=O)NCc2ccc(F)cc2)cc1. The summed E-state index contributed by atoms with van der Waals surface area (Å²) in [5.41, 5.74) is 0.739. The van der Waals surface area contributed by atoms with Gasteiger partial charge >= 0.3 is 0 Å². The highest BCUT2D eigenvalue weighted by atomic mass is 32.2. The fraction of sp³-hybridized carbons (Fsp3) is 0.316. The van der Waals surface area contributed by atoms with Crippen molar-refractivity contribution in [1.29, 1.82) is 0 Å². The summed E-state index contributed by atoms with van der Waals surface area (Å²) in [6.07, 6.45) is -0.143. The first-order chi connectivity index (χ1) is 12.3. The zero-order chi connectivity index (χ0) is 19.2. The maximum absolute atomic E-state index is 12.8. The fourth-order valence-corrected chi connectivity index (χ4v) is 3.47. The van der Waals surface area contributed by atoms with Crippen LogP contribution in [0.5, 0.6) is 5.75 Å². The van der Waals surface area contributed by atoms with Gasteiger partial charge in [-0.1, -0.05) is 12.1 Å². The van der Waals surface area contributed by atoms with Crippen LogP contribution in [0.3, 0.4) is 0 Å². The third kappa shape index (κ3) is 6.15. The van der Waals surface area contributed by atoms with Gasteiger partial charge in [-0.15, -0.1) is 0 Å². The van der Waals surface area contributed by atoms with Gasteiger partial charge < -0.3 is 10.1 Å². The van der Waals surface area contributed by atoms with Crippen molar-refractivity contribution < 1.29 is 22.3 Å². The van der Waals surface area contributed by atoms with Crippen molar-refractivity contribution in [2.24, 2.45) is 0 Å². The monoisotopic (exact) mass is 379 g/mol. The average molecular weight is 379 g/mol. The van der Waals surface area contributed by atoms with Gasteiger partial charge in [0.15, 0.2) is 9.84 Å². The van der Waals surface area contributed by atoms with Crippen molar-refractivity contribution in [2.45, 2.75) is 37.8 Å². The number of hydrogen-bond donors (Lipinski definition) is 1. The zero-order valence-electron chi connectivity index (χ0n) is 14.7. The molecule has 0 atom stereocenters. The van der Waals surface area contributed by atoms with Crippen LogP contribution in [0, 0.1) is 5.82 Å². The first-order valence-electron chi connectivity index (χ1n) is 8.27. The number of rotatable bonds is 8. The molecule has 0 saturated carbocycles. The minimum absolute atomic E-state index is 0.00209. The van der Waals surface area contributed by atoms with E-state index in [1.807, 2.05) is 13.8 Å². The summed E-state index contributed by atoms with van der Waals surface area (Å²) in [6, 6.07) is 11.9. The molecule has 26 heavy (non-hydrogen) atoms. The molecule has 7 heteroatoms. The van der Waals surface area contributed by atoms with E-state index in [1.54, 1.807) is 24.3 Å². The number of hydrogen-bond acceptors (Lipinski definition) is 4. The summed E-state index contributed by atoms with van der Waals surface area (Å²) in [4.78, 5) is 12.0. The van der Waals surface area contributed by atoms with E-state index >= 15 is 0 Å². The number of ether oxygens (including phenoxy) is 1. The lowest BCUT2D eigenvalue weighted by Gasteiger charge is -2.10. The second-order valence-corrected chi connectivity index (χ2v) is 8.22. The molecule has 2 aromatic rings. The normalized spacial score (nSPS) is 11.4. The lowest BCUT2D eigenvalue weighted by atomic mass is 10.2. The molecular formula is C19H22FNO4S. The molecule has 0 aliphatic rings. The Kier molecular flexibility index (Phi) is 6.74. The minimum atomic E-state index is -3.56. The number of carbonyl (C=O) groups excluding carboxylic acids is 1. The highest BCUT2D eigenvalue weighted by Gasteiger charge is 2.16. The molecule has 2 aromatic carbocycles. The van der Waals surface area contributed by atoms with E-state index in [4.69, 9.17) is 4.74 Å². The number of halogens is 1. The van der Waals surface area contributed by atoms with Gasteiger partial charge in [0.1, 0.15) is 11.6 Å². The minimum Gasteiger partial charge on any atom is -0.491 e. The Morgan fingerprint density at radius 3 is 2.27 bits per heavy atom. The molecule has 0 saturated heterocycles. The van der Waals surface area contributed by atoms with Gasteiger partial charge in [-0.05, 0) is 55.8 Å². The first-order valence-corrected chi connectivity index (χ1v) is 9.92. The molecule has 5 nitrogen and oxygen atoms in total. The standard InChI is InChI=1S/C19H22FNO4S/c1-14(2)25-17-7-9-18(10-8-17)26(23,24)12-11-19(22)21-13-15-3-5-16(20)6-4-15/h3-10,14H,11-13H2,1-2H3,(H,21,22). The summed E-state index contributed by atoms with van der Waals surface area (Å²) >= 11 is 0. The molecule has 1 N–H and O–H groups in total. The van der Waals surface area contributed by atoms with Gasteiger partial charge in [0.25, 0.3) is 0 Å². The smallest absolute Gasteiger partial charge is 0.221 e. The lowest BCUT2D eigenvalue weighted by molar-refractivity contribution is -0.120. The van der Waals surface area contributed by atoms with Crippen molar-refractivity contribution >= 4 is 15.7 Å². The van der Waals surface area contributed by atoms with Gasteiger partial charge in [-0.2, -0.15) is 0 Å². The van der Waals surface area contributed by atoms with Crippen molar-refractivity contribution in [2.75, 3.05) is 5.75 Å². The van der Waals surface area contributed by atoms with Crippen molar-refractivity contribution in [1.82, 2.24) is 5.32 Å². The Morgan fingerprint density at radius 2 is 1.69 bits per heavy atom. The molecular weight excluding hydrogens is 357 g/mol. The molecule has 0 heterocycles. The average Bonchev–Trinajstić information content (AvgIpc) is 2.59. The second-order valence-electron chi connectivity index (χ2n) is 6.11. The Labute approximate surface area is 153 Å². The third-order valence-corrected chi connectivity index (χ3v) is 5.29. The topological polar surface area (TPSA) is 72.5 Å². The van der Waals surface area contributed by atoms with Crippen molar-refractivity contribution in [3.8, 4) is 5.75 Å². The zero-order valence-corrected chi connectivity index (χ0v) is 15.6. The molecule has 0 bridgehead atoms. The molecule has 0 aliphatic heterocycles. The van der Waals surface area contributed by atoms with Crippen LogP contribution in [-0.2, 0) is 21.2 Å². The van der Waals surface area contributed by atoms with Crippen LogP contribution in [0.2, 0.25) is 0 Å². The maximum Gasteiger partial charge on any atom is 0.221 e.